The van der Waals surface area contributed by atoms with Crippen LogP contribution in [-0.2, 0) is 16.8 Å². The Hall–Kier alpha value is -8.66. The number of hydrogen-bond donors (Lipinski definition) is 0. The minimum atomic E-state index is -1.22. The molecule has 366 valence electrons. The quantitative estimate of drug-likeness (QED) is 0.107. The van der Waals surface area contributed by atoms with Gasteiger partial charge in [0.25, 0.3) is 0 Å². The zero-order valence-electron chi connectivity index (χ0n) is 42.7. The summed E-state index contributed by atoms with van der Waals surface area (Å²) in [5.74, 6) is 0. The van der Waals surface area contributed by atoms with Crippen LogP contribution in [0.1, 0.15) is 0 Å². The summed E-state index contributed by atoms with van der Waals surface area (Å²) in [5, 5.41) is 0. The van der Waals surface area contributed by atoms with Crippen LogP contribution in [-0.4, -0.2) is 18.4 Å². The molecule has 76 heavy (non-hydrogen) atoms. The monoisotopic (exact) mass is 1020 g/mol. The van der Waals surface area contributed by atoms with Crippen molar-refractivity contribution in [3.8, 4) is 0 Å². The van der Waals surface area contributed by atoms with Crippen LogP contribution in [0, 0.1) is 0 Å². The van der Waals surface area contributed by atoms with Crippen LogP contribution in [0.4, 0.5) is 0 Å². The molecule has 0 aliphatic rings. The molecule has 0 saturated carbocycles. The SMILES string of the molecule is [Co+3].c1ccc([B-](c2ccccc2)(c2ccccc2)c2ccccc2)cc1.c1ccc([B-](c2ccccc2)(c2ccccc2)c2ccccc2)cc1.c1ccc([B-](c2ccccc2)(c2ccccc2)c2ccccc2)cc1. The van der Waals surface area contributed by atoms with E-state index >= 15 is 0 Å². The van der Waals surface area contributed by atoms with Crippen molar-refractivity contribution in [2.45, 2.75) is 0 Å². The molecule has 0 aliphatic carbocycles. The van der Waals surface area contributed by atoms with Gasteiger partial charge >= 0.3 is 16.8 Å². The van der Waals surface area contributed by atoms with Crippen molar-refractivity contribution >= 4 is 84.0 Å². The van der Waals surface area contributed by atoms with Gasteiger partial charge in [-0.05, 0) is 0 Å². The van der Waals surface area contributed by atoms with Gasteiger partial charge < -0.3 is 0 Å². The van der Waals surface area contributed by atoms with Gasteiger partial charge in [-0.15, -0.1) is 0 Å². The molecule has 0 nitrogen and oxygen atoms in total. The van der Waals surface area contributed by atoms with E-state index in [-0.39, 0.29) is 16.8 Å². The van der Waals surface area contributed by atoms with E-state index in [0.717, 1.165) is 0 Å². The first kappa shape index (κ1) is 52.2. The summed E-state index contributed by atoms with van der Waals surface area (Å²) in [6, 6.07) is 131. The summed E-state index contributed by atoms with van der Waals surface area (Å²) in [4.78, 5) is 0. The van der Waals surface area contributed by atoms with Gasteiger partial charge in [0.2, 0.25) is 0 Å². The van der Waals surface area contributed by atoms with Crippen LogP contribution in [0.2, 0.25) is 0 Å². The Morgan fingerprint density at radius 2 is 0.171 bits per heavy atom. The van der Waals surface area contributed by atoms with Gasteiger partial charge in [0, 0.05) is 0 Å². The maximum absolute atomic E-state index is 2.26. The topological polar surface area (TPSA) is 0 Å². The molecule has 0 aromatic heterocycles. The Morgan fingerprint density at radius 3 is 0.237 bits per heavy atom. The van der Waals surface area contributed by atoms with Gasteiger partial charge in [0.15, 0.2) is 0 Å². The standard InChI is InChI=1S/3C24H20B.Co/c3*1-5-13-21(14-6-1)25(22-15-7-2-8-16-22,23-17-9-3-10-18-23)24-19-11-4-12-20-24;/h3*1-20H;/q3*-1;+3. The molecule has 0 N–H and O–H groups in total. The molecule has 12 aromatic rings. The molecule has 0 spiro atoms. The van der Waals surface area contributed by atoms with E-state index in [2.05, 4.69) is 364 Å². The zero-order chi connectivity index (χ0) is 50.9. The van der Waals surface area contributed by atoms with Gasteiger partial charge in [-0.2, -0.15) is 65.6 Å². The molecule has 12 rings (SSSR count). The van der Waals surface area contributed by atoms with Crippen molar-refractivity contribution < 1.29 is 16.8 Å². The third kappa shape index (κ3) is 10.7. The second-order valence-corrected chi connectivity index (χ2v) is 19.5. The first-order chi connectivity index (χ1) is 37.3. The van der Waals surface area contributed by atoms with Crippen molar-refractivity contribution in [2.24, 2.45) is 0 Å². The fraction of sp³-hybridized carbons (Fsp3) is 0. The average molecular weight is 1020 g/mol. The Bertz CT molecular complexity index is 2650. The van der Waals surface area contributed by atoms with E-state index in [0.29, 0.717) is 0 Å². The van der Waals surface area contributed by atoms with E-state index in [1.807, 2.05) is 0 Å². The Morgan fingerprint density at radius 1 is 0.105 bits per heavy atom. The molecule has 4 heteroatoms. The second kappa shape index (κ2) is 25.5. The predicted octanol–water partition coefficient (Wildman–Crippen LogP) is 9.19. The summed E-state index contributed by atoms with van der Waals surface area (Å²) in [6.07, 6.45) is -3.65. The predicted molar refractivity (Wildman–Crippen MR) is 330 cm³/mol. The van der Waals surface area contributed by atoms with Crippen LogP contribution in [0.3, 0.4) is 0 Å². The molecule has 0 radical (unpaired) electrons. The number of benzene rings is 12. The van der Waals surface area contributed by atoms with E-state index in [9.17, 15) is 0 Å². The largest absolute Gasteiger partial charge is 3.00 e. The molecule has 0 fully saturated rings. The zero-order valence-corrected chi connectivity index (χ0v) is 43.7. The van der Waals surface area contributed by atoms with E-state index in [4.69, 9.17) is 0 Å². The fourth-order valence-electron chi connectivity index (χ4n) is 12.4. The van der Waals surface area contributed by atoms with Gasteiger partial charge in [0.1, 0.15) is 18.4 Å². The van der Waals surface area contributed by atoms with E-state index in [1.54, 1.807) is 0 Å². The van der Waals surface area contributed by atoms with Crippen molar-refractivity contribution in [3.63, 3.8) is 0 Å². The van der Waals surface area contributed by atoms with Gasteiger partial charge in [0.05, 0.1) is 0 Å². The number of rotatable bonds is 12. The van der Waals surface area contributed by atoms with Gasteiger partial charge in [-0.25, -0.2) is 0 Å². The molecule has 0 atom stereocenters. The molecule has 0 bridgehead atoms. The first-order valence-corrected chi connectivity index (χ1v) is 26.4. The Labute approximate surface area is 461 Å². The maximum Gasteiger partial charge on any atom is 3.00 e. The molecule has 0 heterocycles. The summed E-state index contributed by atoms with van der Waals surface area (Å²) in [7, 11) is 0. The Kier molecular flexibility index (Phi) is 17.5. The van der Waals surface area contributed by atoms with Gasteiger partial charge in [-0.1, -0.05) is 364 Å². The minimum Gasteiger partial charge on any atom is -0.195 e. The molecule has 0 unspecified atom stereocenters. The van der Waals surface area contributed by atoms with Crippen LogP contribution < -0.4 is 65.6 Å². The molecular formula is C72H60B3Co. The molecular weight excluding hydrogens is 956 g/mol. The third-order valence-corrected chi connectivity index (χ3v) is 15.6. The first-order valence-electron chi connectivity index (χ1n) is 26.4. The number of hydrogen-bond acceptors (Lipinski definition) is 0. The Balaban J connectivity index is 0.000000138. The van der Waals surface area contributed by atoms with Crippen LogP contribution in [0.5, 0.6) is 0 Å². The molecule has 12 aromatic carbocycles. The van der Waals surface area contributed by atoms with Crippen molar-refractivity contribution in [1.82, 2.24) is 0 Å². The minimum absolute atomic E-state index is 0. The normalized spacial score (nSPS) is 11.1. The molecule has 0 amide bonds. The summed E-state index contributed by atoms with van der Waals surface area (Å²) < 4.78 is 0. The van der Waals surface area contributed by atoms with Crippen LogP contribution in [0.15, 0.2) is 364 Å². The summed E-state index contributed by atoms with van der Waals surface area (Å²) in [6.45, 7) is 0. The fourth-order valence-corrected chi connectivity index (χ4v) is 12.4. The van der Waals surface area contributed by atoms with Crippen molar-refractivity contribution in [2.75, 3.05) is 0 Å². The van der Waals surface area contributed by atoms with Crippen molar-refractivity contribution in [3.05, 3.63) is 364 Å². The molecule has 0 saturated heterocycles. The summed E-state index contributed by atoms with van der Waals surface area (Å²) in [5.41, 5.74) is 16.1. The summed E-state index contributed by atoms with van der Waals surface area (Å²) >= 11 is 0. The van der Waals surface area contributed by atoms with Crippen LogP contribution >= 0.6 is 0 Å². The average Bonchev–Trinajstić information content (AvgIpc) is 3.54. The van der Waals surface area contributed by atoms with Crippen LogP contribution in [0.25, 0.3) is 0 Å². The third-order valence-electron chi connectivity index (χ3n) is 15.6. The van der Waals surface area contributed by atoms with Gasteiger partial charge in [-0.3, -0.25) is 0 Å². The molecule has 0 aliphatic heterocycles. The smallest absolute Gasteiger partial charge is 0.195 e. The second-order valence-electron chi connectivity index (χ2n) is 19.5. The van der Waals surface area contributed by atoms with E-state index < -0.39 is 18.4 Å². The van der Waals surface area contributed by atoms with Crippen molar-refractivity contribution in [1.29, 1.82) is 0 Å². The maximum atomic E-state index is 2.26. The van der Waals surface area contributed by atoms with E-state index in [1.165, 1.54) is 65.6 Å².